The number of pyridine rings is 1. The Morgan fingerprint density at radius 1 is 0.941 bits per heavy atom. The standard InChI is InChI=1S/C29H34N2O3/c1-19(2)16-27(31-15-9-11-21(4)29(31)34)28(33)30-26(17-22(5)32)24-13-8-12-23(18-24)25-14-7-6-10-20(25)3/h6-15,18-19,26-27H,16-17H2,1-5H3,(H,30,33)/t26-,27+/m0/s1. The van der Waals surface area contributed by atoms with Gasteiger partial charge in [0, 0.05) is 18.2 Å². The van der Waals surface area contributed by atoms with Crippen molar-refractivity contribution in [3.05, 3.63) is 93.9 Å². The lowest BCUT2D eigenvalue weighted by molar-refractivity contribution is -0.126. The second-order valence-corrected chi connectivity index (χ2v) is 9.46. The minimum Gasteiger partial charge on any atom is -0.347 e. The molecule has 0 radical (unpaired) electrons. The fourth-order valence-electron chi connectivity index (χ4n) is 4.29. The molecule has 3 rings (SSSR count). The van der Waals surface area contributed by atoms with Crippen molar-refractivity contribution in [2.24, 2.45) is 5.92 Å². The van der Waals surface area contributed by atoms with Crippen LogP contribution in [0.2, 0.25) is 0 Å². The van der Waals surface area contributed by atoms with Crippen LogP contribution in [0.4, 0.5) is 0 Å². The lowest BCUT2D eigenvalue weighted by Gasteiger charge is -2.25. The SMILES string of the molecule is CC(=O)C[C@H](NC(=O)[C@@H](CC(C)C)n1cccc(C)c1=O)c1cccc(-c2ccccc2C)c1. The maximum absolute atomic E-state index is 13.5. The number of amides is 1. The van der Waals surface area contributed by atoms with Crippen molar-refractivity contribution >= 4 is 11.7 Å². The molecule has 0 aliphatic carbocycles. The van der Waals surface area contributed by atoms with E-state index >= 15 is 0 Å². The lowest BCUT2D eigenvalue weighted by atomic mass is 9.94. The monoisotopic (exact) mass is 458 g/mol. The van der Waals surface area contributed by atoms with Gasteiger partial charge < -0.3 is 9.88 Å². The van der Waals surface area contributed by atoms with E-state index in [0.29, 0.717) is 12.0 Å². The van der Waals surface area contributed by atoms with E-state index in [9.17, 15) is 14.4 Å². The van der Waals surface area contributed by atoms with Crippen LogP contribution in [-0.4, -0.2) is 16.3 Å². The second-order valence-electron chi connectivity index (χ2n) is 9.46. The number of aromatic nitrogens is 1. The summed E-state index contributed by atoms with van der Waals surface area (Å²) in [7, 11) is 0. The molecule has 0 fully saturated rings. The predicted molar refractivity (Wildman–Crippen MR) is 137 cm³/mol. The van der Waals surface area contributed by atoms with Gasteiger partial charge in [0.15, 0.2) is 0 Å². The number of nitrogens with one attached hydrogen (secondary N) is 1. The fourth-order valence-corrected chi connectivity index (χ4v) is 4.29. The largest absolute Gasteiger partial charge is 0.347 e. The Morgan fingerprint density at radius 3 is 2.32 bits per heavy atom. The molecule has 1 N–H and O–H groups in total. The summed E-state index contributed by atoms with van der Waals surface area (Å²) in [6.45, 7) is 9.40. The molecule has 34 heavy (non-hydrogen) atoms. The Morgan fingerprint density at radius 2 is 1.65 bits per heavy atom. The third-order valence-electron chi connectivity index (χ3n) is 6.05. The zero-order chi connectivity index (χ0) is 24.8. The lowest BCUT2D eigenvalue weighted by Crippen LogP contribution is -2.40. The summed E-state index contributed by atoms with van der Waals surface area (Å²) in [6.07, 6.45) is 2.37. The van der Waals surface area contributed by atoms with Crippen molar-refractivity contribution in [2.75, 3.05) is 0 Å². The van der Waals surface area contributed by atoms with Gasteiger partial charge in [0.05, 0.1) is 6.04 Å². The molecule has 1 aromatic heterocycles. The van der Waals surface area contributed by atoms with Gasteiger partial charge in [-0.05, 0) is 67.5 Å². The molecule has 0 saturated heterocycles. The van der Waals surface area contributed by atoms with E-state index in [0.717, 1.165) is 22.3 Å². The van der Waals surface area contributed by atoms with E-state index < -0.39 is 12.1 Å². The Kier molecular flexibility index (Phi) is 8.21. The molecular weight excluding hydrogens is 424 g/mol. The van der Waals surface area contributed by atoms with Gasteiger partial charge in [-0.2, -0.15) is 0 Å². The maximum Gasteiger partial charge on any atom is 0.254 e. The first-order valence-corrected chi connectivity index (χ1v) is 11.8. The predicted octanol–water partition coefficient (Wildman–Crippen LogP) is 5.56. The number of hydrogen-bond acceptors (Lipinski definition) is 3. The fraction of sp³-hybridized carbons (Fsp3) is 0.345. The molecule has 0 saturated carbocycles. The first-order chi connectivity index (χ1) is 16.2. The number of ketones is 1. The van der Waals surface area contributed by atoms with Crippen molar-refractivity contribution in [3.63, 3.8) is 0 Å². The first-order valence-electron chi connectivity index (χ1n) is 11.8. The normalized spacial score (nSPS) is 12.9. The van der Waals surface area contributed by atoms with Crippen LogP contribution in [-0.2, 0) is 9.59 Å². The number of aryl methyl sites for hydroxylation is 2. The minimum absolute atomic E-state index is 0.0141. The van der Waals surface area contributed by atoms with Gasteiger partial charge in [-0.1, -0.05) is 62.4 Å². The molecule has 0 spiro atoms. The highest BCUT2D eigenvalue weighted by Crippen LogP contribution is 2.28. The van der Waals surface area contributed by atoms with Gasteiger partial charge in [-0.15, -0.1) is 0 Å². The molecule has 178 valence electrons. The summed E-state index contributed by atoms with van der Waals surface area (Å²) in [4.78, 5) is 38.5. The quantitative estimate of drug-likeness (QED) is 0.457. The molecule has 0 bridgehead atoms. The maximum atomic E-state index is 13.5. The molecule has 5 nitrogen and oxygen atoms in total. The van der Waals surface area contributed by atoms with Gasteiger partial charge in [0.2, 0.25) is 5.91 Å². The molecule has 1 heterocycles. The smallest absolute Gasteiger partial charge is 0.254 e. The van der Waals surface area contributed by atoms with Crippen molar-refractivity contribution < 1.29 is 9.59 Å². The minimum atomic E-state index is -0.651. The van der Waals surface area contributed by atoms with E-state index in [1.54, 1.807) is 25.3 Å². The van der Waals surface area contributed by atoms with E-state index in [2.05, 4.69) is 24.4 Å². The average Bonchev–Trinajstić information content (AvgIpc) is 2.79. The number of hydrogen-bond donors (Lipinski definition) is 1. The van der Waals surface area contributed by atoms with E-state index in [1.165, 1.54) is 11.5 Å². The summed E-state index contributed by atoms with van der Waals surface area (Å²) in [5.74, 6) is -0.0625. The molecule has 0 aliphatic heterocycles. The van der Waals surface area contributed by atoms with Crippen LogP contribution in [0.5, 0.6) is 0 Å². The van der Waals surface area contributed by atoms with Crippen molar-refractivity contribution in [1.29, 1.82) is 0 Å². The van der Waals surface area contributed by atoms with Crippen molar-refractivity contribution in [3.8, 4) is 11.1 Å². The van der Waals surface area contributed by atoms with Gasteiger partial charge >= 0.3 is 0 Å². The highest BCUT2D eigenvalue weighted by Gasteiger charge is 2.26. The molecule has 1 amide bonds. The zero-order valence-electron chi connectivity index (χ0n) is 20.7. The summed E-state index contributed by atoms with van der Waals surface area (Å²) in [6, 6.07) is 18.5. The van der Waals surface area contributed by atoms with E-state index in [4.69, 9.17) is 0 Å². The van der Waals surface area contributed by atoms with Gasteiger partial charge in [-0.25, -0.2) is 0 Å². The number of Topliss-reactive ketones (excluding diaryl/α,β-unsaturated/α-hetero) is 1. The Hall–Kier alpha value is -3.47. The third kappa shape index (κ3) is 6.10. The van der Waals surface area contributed by atoms with Crippen molar-refractivity contribution in [1.82, 2.24) is 9.88 Å². The van der Waals surface area contributed by atoms with E-state index in [1.807, 2.05) is 50.2 Å². The highest BCUT2D eigenvalue weighted by molar-refractivity contribution is 5.83. The highest BCUT2D eigenvalue weighted by atomic mass is 16.2. The number of nitrogens with zero attached hydrogens (tertiary/aromatic N) is 1. The number of benzene rings is 2. The third-order valence-corrected chi connectivity index (χ3v) is 6.05. The number of rotatable bonds is 9. The van der Waals surface area contributed by atoms with Crippen LogP contribution in [0, 0.1) is 19.8 Å². The molecule has 5 heteroatoms. The summed E-state index contributed by atoms with van der Waals surface area (Å²) < 4.78 is 1.51. The second kappa shape index (κ2) is 11.1. The van der Waals surface area contributed by atoms with Crippen LogP contribution in [0.15, 0.2) is 71.7 Å². The Bertz CT molecular complexity index is 1230. The Labute approximate surface area is 201 Å². The molecular formula is C29H34N2O3. The molecule has 3 aromatic rings. The number of carbonyl (C=O) groups is 2. The Balaban J connectivity index is 1.97. The molecule has 2 aromatic carbocycles. The molecule has 0 unspecified atom stereocenters. The topological polar surface area (TPSA) is 68.2 Å². The first kappa shape index (κ1) is 25.2. The van der Waals surface area contributed by atoms with Gasteiger partial charge in [0.1, 0.15) is 11.8 Å². The number of carbonyl (C=O) groups excluding carboxylic acids is 2. The molecule has 2 atom stereocenters. The summed E-state index contributed by atoms with van der Waals surface area (Å²) >= 11 is 0. The summed E-state index contributed by atoms with van der Waals surface area (Å²) in [5.41, 5.74) is 4.59. The van der Waals surface area contributed by atoms with Crippen LogP contribution >= 0.6 is 0 Å². The summed E-state index contributed by atoms with van der Waals surface area (Å²) in [5, 5.41) is 3.09. The van der Waals surface area contributed by atoms with Crippen LogP contribution < -0.4 is 10.9 Å². The van der Waals surface area contributed by atoms with E-state index in [-0.39, 0.29) is 29.6 Å². The zero-order valence-corrected chi connectivity index (χ0v) is 20.7. The van der Waals surface area contributed by atoms with Gasteiger partial charge in [0.25, 0.3) is 5.56 Å². The van der Waals surface area contributed by atoms with Crippen LogP contribution in [0.1, 0.15) is 62.4 Å². The molecule has 0 aliphatic rings. The average molecular weight is 459 g/mol. The van der Waals surface area contributed by atoms with Gasteiger partial charge in [-0.3, -0.25) is 14.4 Å². The van der Waals surface area contributed by atoms with Crippen LogP contribution in [0.25, 0.3) is 11.1 Å². The van der Waals surface area contributed by atoms with Crippen LogP contribution in [0.3, 0.4) is 0 Å². The van der Waals surface area contributed by atoms with Crippen molar-refractivity contribution in [2.45, 2.75) is 59.5 Å².